The molecular formula is C16H21ClN4O. The molecule has 2 N–H and O–H groups in total. The Bertz CT molecular complexity index is 691. The fourth-order valence-corrected chi connectivity index (χ4v) is 2.63. The summed E-state index contributed by atoms with van der Waals surface area (Å²) in [6.07, 6.45) is 0. The molecule has 0 radical (unpaired) electrons. The van der Waals surface area contributed by atoms with Crippen LogP contribution in [-0.2, 0) is 6.54 Å². The summed E-state index contributed by atoms with van der Waals surface area (Å²) in [7, 11) is 3.89. The van der Waals surface area contributed by atoms with Gasteiger partial charge in [-0.1, -0.05) is 23.7 Å². The van der Waals surface area contributed by atoms with Crippen LogP contribution >= 0.6 is 11.6 Å². The van der Waals surface area contributed by atoms with Crippen LogP contribution in [0.15, 0.2) is 24.3 Å². The van der Waals surface area contributed by atoms with E-state index in [1.165, 1.54) is 0 Å². The second kappa shape index (κ2) is 6.50. The van der Waals surface area contributed by atoms with Crippen molar-refractivity contribution in [3.05, 3.63) is 40.5 Å². The maximum atomic E-state index is 12.0. The molecule has 0 bridgehead atoms. The fraction of sp³-hybridized carbons (Fsp3) is 0.375. The summed E-state index contributed by atoms with van der Waals surface area (Å²) < 4.78 is 1.86. The highest BCUT2D eigenvalue weighted by Gasteiger charge is 2.24. The lowest BCUT2D eigenvalue weighted by Crippen LogP contribution is -2.21. The van der Waals surface area contributed by atoms with Crippen molar-refractivity contribution in [2.24, 2.45) is 5.73 Å². The highest BCUT2D eigenvalue weighted by atomic mass is 35.5. The lowest BCUT2D eigenvalue weighted by atomic mass is 10.0. The summed E-state index contributed by atoms with van der Waals surface area (Å²) in [5, 5.41) is 5.22. The topological polar surface area (TPSA) is 64.2 Å². The summed E-state index contributed by atoms with van der Waals surface area (Å²) in [5.74, 6) is -0.473. The molecule has 5 nitrogen and oxygen atoms in total. The number of carbonyl (C=O) groups is 1. The van der Waals surface area contributed by atoms with E-state index in [-0.39, 0.29) is 6.04 Å². The van der Waals surface area contributed by atoms with Crippen LogP contribution < -0.4 is 5.73 Å². The summed E-state index contributed by atoms with van der Waals surface area (Å²) in [5.41, 5.74) is 8.30. The molecule has 0 fully saturated rings. The Morgan fingerprint density at radius 1 is 1.41 bits per heavy atom. The third-order valence-electron chi connectivity index (χ3n) is 3.31. The Morgan fingerprint density at radius 2 is 2.09 bits per heavy atom. The van der Waals surface area contributed by atoms with Gasteiger partial charge in [0.05, 0.1) is 11.3 Å². The van der Waals surface area contributed by atoms with Crippen LogP contribution in [0.5, 0.6) is 0 Å². The molecule has 0 spiro atoms. The predicted molar refractivity (Wildman–Crippen MR) is 89.0 cm³/mol. The van der Waals surface area contributed by atoms with Gasteiger partial charge in [0.25, 0.3) is 5.91 Å². The molecule has 0 aliphatic rings. The molecule has 0 aliphatic heterocycles. The van der Waals surface area contributed by atoms with Crippen LogP contribution in [0.2, 0.25) is 5.02 Å². The number of nitrogens with two attached hydrogens (primary N) is 1. The Morgan fingerprint density at radius 3 is 2.59 bits per heavy atom. The minimum atomic E-state index is -0.473. The highest BCUT2D eigenvalue weighted by Crippen LogP contribution is 2.29. The van der Waals surface area contributed by atoms with E-state index in [9.17, 15) is 4.79 Å². The largest absolute Gasteiger partial charge is 0.365 e. The molecule has 22 heavy (non-hydrogen) atoms. The van der Waals surface area contributed by atoms with Gasteiger partial charge in [-0.05, 0) is 40.1 Å². The first kappa shape index (κ1) is 16.5. The van der Waals surface area contributed by atoms with Crippen molar-refractivity contribution in [2.45, 2.75) is 26.4 Å². The molecule has 6 heteroatoms. The normalized spacial score (nSPS) is 11.4. The SMILES string of the molecule is CC(C)n1nc(-c2cccc(Cl)c2)c(C(N)=O)c1CN(C)C. The Kier molecular flexibility index (Phi) is 4.88. The second-order valence-corrected chi connectivity index (χ2v) is 6.26. The molecule has 2 rings (SSSR count). The standard InChI is InChI=1S/C16H21ClN4O/c1-10(2)21-13(9-20(3)4)14(16(18)22)15(19-21)11-6-5-7-12(17)8-11/h5-8,10H,9H2,1-4H3,(H2,18,22). The van der Waals surface area contributed by atoms with E-state index in [2.05, 4.69) is 5.10 Å². The van der Waals surface area contributed by atoms with Crippen molar-refractivity contribution in [1.82, 2.24) is 14.7 Å². The maximum absolute atomic E-state index is 12.0. The van der Waals surface area contributed by atoms with Gasteiger partial charge in [0.15, 0.2) is 0 Å². The number of aromatic nitrogens is 2. The Hall–Kier alpha value is -1.85. The van der Waals surface area contributed by atoms with Gasteiger partial charge in [0.1, 0.15) is 5.69 Å². The average molecular weight is 321 g/mol. The van der Waals surface area contributed by atoms with Gasteiger partial charge in [-0.2, -0.15) is 5.10 Å². The van der Waals surface area contributed by atoms with E-state index >= 15 is 0 Å². The number of nitrogens with zero attached hydrogens (tertiary/aromatic N) is 3. The number of amides is 1. The summed E-state index contributed by atoms with van der Waals surface area (Å²) in [6.45, 7) is 4.64. The number of primary amides is 1. The zero-order chi connectivity index (χ0) is 16.4. The highest BCUT2D eigenvalue weighted by molar-refractivity contribution is 6.30. The Balaban J connectivity index is 2.70. The van der Waals surface area contributed by atoms with Crippen molar-refractivity contribution >= 4 is 17.5 Å². The molecule has 0 saturated heterocycles. The summed E-state index contributed by atoms with van der Waals surface area (Å²) in [4.78, 5) is 14.0. The van der Waals surface area contributed by atoms with E-state index in [4.69, 9.17) is 17.3 Å². The van der Waals surface area contributed by atoms with Gasteiger partial charge >= 0.3 is 0 Å². The van der Waals surface area contributed by atoms with E-state index in [0.717, 1.165) is 11.3 Å². The fourth-order valence-electron chi connectivity index (χ4n) is 2.44. The molecule has 2 aromatic rings. The first-order valence-corrected chi connectivity index (χ1v) is 7.51. The number of hydrogen-bond acceptors (Lipinski definition) is 3. The van der Waals surface area contributed by atoms with Crippen molar-refractivity contribution in [2.75, 3.05) is 14.1 Å². The van der Waals surface area contributed by atoms with E-state index < -0.39 is 5.91 Å². The number of rotatable bonds is 5. The zero-order valence-corrected chi connectivity index (χ0v) is 14.1. The monoisotopic (exact) mass is 320 g/mol. The first-order valence-electron chi connectivity index (χ1n) is 7.13. The Labute approximate surface area is 135 Å². The first-order chi connectivity index (χ1) is 10.3. The second-order valence-electron chi connectivity index (χ2n) is 5.82. The quantitative estimate of drug-likeness (QED) is 0.921. The van der Waals surface area contributed by atoms with Crippen LogP contribution in [0.3, 0.4) is 0 Å². The number of benzene rings is 1. The molecule has 1 aromatic carbocycles. The number of hydrogen-bond donors (Lipinski definition) is 1. The number of carbonyl (C=O) groups excluding carboxylic acids is 1. The molecule has 0 atom stereocenters. The lowest BCUT2D eigenvalue weighted by Gasteiger charge is -2.15. The predicted octanol–water partition coefficient (Wildman–Crippen LogP) is 2.94. The van der Waals surface area contributed by atoms with Crippen molar-refractivity contribution in [3.8, 4) is 11.3 Å². The molecule has 0 aliphatic carbocycles. The van der Waals surface area contributed by atoms with E-state index in [0.29, 0.717) is 22.8 Å². The van der Waals surface area contributed by atoms with Crippen LogP contribution in [0.1, 0.15) is 35.9 Å². The number of halogens is 1. The molecule has 0 saturated carbocycles. The summed E-state index contributed by atoms with van der Waals surface area (Å²) >= 11 is 6.06. The average Bonchev–Trinajstić information content (AvgIpc) is 2.77. The third-order valence-corrected chi connectivity index (χ3v) is 3.54. The molecule has 0 unspecified atom stereocenters. The van der Waals surface area contributed by atoms with Gasteiger partial charge in [-0.25, -0.2) is 0 Å². The van der Waals surface area contributed by atoms with Gasteiger partial charge < -0.3 is 10.6 Å². The molecule has 1 heterocycles. The molecule has 1 amide bonds. The van der Waals surface area contributed by atoms with E-state index in [1.54, 1.807) is 12.1 Å². The molecule has 118 valence electrons. The lowest BCUT2D eigenvalue weighted by molar-refractivity contribution is 0.0999. The minimum Gasteiger partial charge on any atom is -0.365 e. The maximum Gasteiger partial charge on any atom is 0.252 e. The summed E-state index contributed by atoms with van der Waals surface area (Å²) in [6, 6.07) is 7.42. The van der Waals surface area contributed by atoms with Crippen molar-refractivity contribution < 1.29 is 4.79 Å². The van der Waals surface area contributed by atoms with Gasteiger partial charge in [-0.15, -0.1) is 0 Å². The zero-order valence-electron chi connectivity index (χ0n) is 13.3. The smallest absolute Gasteiger partial charge is 0.252 e. The van der Waals surface area contributed by atoms with Crippen LogP contribution in [0.25, 0.3) is 11.3 Å². The third kappa shape index (κ3) is 3.31. The van der Waals surface area contributed by atoms with Crippen LogP contribution in [-0.4, -0.2) is 34.7 Å². The van der Waals surface area contributed by atoms with E-state index in [1.807, 2.05) is 49.7 Å². The van der Waals surface area contributed by atoms with Crippen LogP contribution in [0.4, 0.5) is 0 Å². The van der Waals surface area contributed by atoms with Gasteiger partial charge in [0.2, 0.25) is 0 Å². The molecule has 1 aromatic heterocycles. The van der Waals surface area contributed by atoms with Crippen LogP contribution in [0, 0.1) is 0 Å². The van der Waals surface area contributed by atoms with Crippen molar-refractivity contribution in [1.29, 1.82) is 0 Å². The van der Waals surface area contributed by atoms with Gasteiger partial charge in [0, 0.05) is 23.2 Å². The molecular weight excluding hydrogens is 300 g/mol. The van der Waals surface area contributed by atoms with Crippen molar-refractivity contribution in [3.63, 3.8) is 0 Å². The minimum absolute atomic E-state index is 0.126. The van der Waals surface area contributed by atoms with Gasteiger partial charge in [-0.3, -0.25) is 9.48 Å².